The Hall–Kier alpha value is -1.89. The lowest BCUT2D eigenvalue weighted by molar-refractivity contribution is -0.0653. The van der Waals surface area contributed by atoms with Crippen LogP contribution in [-0.4, -0.2) is 33.6 Å². The first-order chi connectivity index (χ1) is 11.4. The van der Waals surface area contributed by atoms with Gasteiger partial charge in [0.05, 0.1) is 17.8 Å². The van der Waals surface area contributed by atoms with Crippen molar-refractivity contribution in [2.24, 2.45) is 0 Å². The van der Waals surface area contributed by atoms with Gasteiger partial charge in [0.25, 0.3) is 5.56 Å². The van der Waals surface area contributed by atoms with Crippen LogP contribution in [0.2, 0.25) is 5.02 Å². The van der Waals surface area contributed by atoms with Crippen LogP contribution in [-0.2, 0) is 6.42 Å². The number of aromatic amines is 1. The minimum Gasteiger partial charge on any atom is -0.483 e. The van der Waals surface area contributed by atoms with Crippen molar-refractivity contribution in [1.29, 1.82) is 0 Å². The Bertz CT molecular complexity index is 773. The number of aromatic nitrogens is 2. The minimum absolute atomic E-state index is 0.356. The SMILES string of the molecule is CC1(C)Oc2cn[nH]c(=O)c2[C@H](NCCc2ccc(Cl)cc2)[C@H]1O. The van der Waals surface area contributed by atoms with Crippen LogP contribution in [0.1, 0.15) is 31.0 Å². The van der Waals surface area contributed by atoms with E-state index < -0.39 is 17.7 Å². The molecule has 6 nitrogen and oxygen atoms in total. The van der Waals surface area contributed by atoms with Crippen molar-refractivity contribution in [3.63, 3.8) is 0 Å². The van der Waals surface area contributed by atoms with Gasteiger partial charge in [-0.3, -0.25) is 4.79 Å². The van der Waals surface area contributed by atoms with E-state index in [-0.39, 0.29) is 5.56 Å². The fourth-order valence-electron chi connectivity index (χ4n) is 2.91. The van der Waals surface area contributed by atoms with Crippen molar-refractivity contribution >= 4 is 11.6 Å². The van der Waals surface area contributed by atoms with Gasteiger partial charge in [-0.05, 0) is 44.5 Å². The second-order valence-electron chi connectivity index (χ2n) is 6.44. The summed E-state index contributed by atoms with van der Waals surface area (Å²) in [5.41, 5.74) is 0.330. The summed E-state index contributed by atoms with van der Waals surface area (Å²) in [4.78, 5) is 12.1. The van der Waals surface area contributed by atoms with Gasteiger partial charge in [0, 0.05) is 5.02 Å². The topological polar surface area (TPSA) is 87.2 Å². The van der Waals surface area contributed by atoms with E-state index >= 15 is 0 Å². The highest BCUT2D eigenvalue weighted by atomic mass is 35.5. The first kappa shape index (κ1) is 17.0. The molecule has 0 radical (unpaired) electrons. The second-order valence-corrected chi connectivity index (χ2v) is 6.87. The molecule has 7 heteroatoms. The predicted octanol–water partition coefficient (Wildman–Crippen LogP) is 1.83. The Morgan fingerprint density at radius 1 is 1.38 bits per heavy atom. The molecule has 1 aliphatic heterocycles. The molecule has 2 aromatic rings. The van der Waals surface area contributed by atoms with E-state index in [1.54, 1.807) is 13.8 Å². The van der Waals surface area contributed by atoms with E-state index in [1.165, 1.54) is 6.20 Å². The fourth-order valence-corrected chi connectivity index (χ4v) is 3.03. The van der Waals surface area contributed by atoms with Gasteiger partial charge in [0.15, 0.2) is 5.75 Å². The molecule has 3 rings (SSSR count). The van der Waals surface area contributed by atoms with Gasteiger partial charge >= 0.3 is 0 Å². The third-order valence-electron chi connectivity index (χ3n) is 4.26. The van der Waals surface area contributed by atoms with Gasteiger partial charge in [-0.15, -0.1) is 0 Å². The number of hydrogen-bond donors (Lipinski definition) is 3. The number of aliphatic hydroxyl groups is 1. The third kappa shape index (κ3) is 3.31. The molecule has 3 N–H and O–H groups in total. The predicted molar refractivity (Wildman–Crippen MR) is 91.5 cm³/mol. The number of nitrogens with zero attached hydrogens (tertiary/aromatic N) is 1. The molecule has 0 amide bonds. The van der Waals surface area contributed by atoms with Crippen molar-refractivity contribution < 1.29 is 9.84 Å². The van der Waals surface area contributed by atoms with Crippen LogP contribution in [0.25, 0.3) is 0 Å². The fraction of sp³-hybridized carbons (Fsp3) is 0.412. The van der Waals surface area contributed by atoms with Crippen LogP contribution in [0.15, 0.2) is 35.3 Å². The van der Waals surface area contributed by atoms with Gasteiger partial charge in [-0.2, -0.15) is 5.10 Å². The molecule has 0 bridgehead atoms. The van der Waals surface area contributed by atoms with Crippen LogP contribution >= 0.6 is 11.6 Å². The smallest absolute Gasteiger partial charge is 0.272 e. The first-order valence-electron chi connectivity index (χ1n) is 7.81. The number of rotatable bonds is 4. The minimum atomic E-state index is -0.862. The third-order valence-corrected chi connectivity index (χ3v) is 4.51. The molecule has 2 atom stereocenters. The second kappa shape index (κ2) is 6.55. The molecule has 1 aliphatic rings. The molecule has 0 saturated heterocycles. The van der Waals surface area contributed by atoms with E-state index in [4.69, 9.17) is 16.3 Å². The highest BCUT2D eigenvalue weighted by molar-refractivity contribution is 6.30. The van der Waals surface area contributed by atoms with Crippen molar-refractivity contribution in [2.45, 2.75) is 38.0 Å². The van der Waals surface area contributed by atoms with Gasteiger partial charge in [-0.25, -0.2) is 5.10 Å². The zero-order valence-electron chi connectivity index (χ0n) is 13.5. The molecule has 2 heterocycles. The maximum absolute atomic E-state index is 12.1. The monoisotopic (exact) mass is 349 g/mol. The summed E-state index contributed by atoms with van der Waals surface area (Å²) in [5, 5.41) is 20.8. The van der Waals surface area contributed by atoms with Crippen LogP contribution in [0, 0.1) is 0 Å². The highest BCUT2D eigenvalue weighted by Gasteiger charge is 2.44. The molecule has 0 aliphatic carbocycles. The number of hydrogen-bond acceptors (Lipinski definition) is 5. The van der Waals surface area contributed by atoms with Crippen molar-refractivity contribution in [3.8, 4) is 5.75 Å². The normalized spacial score (nSPS) is 21.8. The number of nitrogens with one attached hydrogen (secondary N) is 2. The van der Waals surface area contributed by atoms with Crippen LogP contribution in [0.3, 0.4) is 0 Å². The number of ether oxygens (including phenoxy) is 1. The van der Waals surface area contributed by atoms with Crippen LogP contribution < -0.4 is 15.6 Å². The zero-order chi connectivity index (χ0) is 17.3. The molecule has 1 aromatic heterocycles. The molecule has 0 saturated carbocycles. The summed E-state index contributed by atoms with van der Waals surface area (Å²) >= 11 is 5.88. The standard InChI is InChI=1S/C17H20ClN3O3/c1-17(2)15(22)14(13-12(24-17)9-20-21-16(13)23)19-8-7-10-3-5-11(18)6-4-10/h3-6,9,14-15,19,22H,7-8H2,1-2H3,(H,21,23)/t14-,15+/m0/s1. The van der Waals surface area contributed by atoms with E-state index in [0.717, 1.165) is 12.0 Å². The molecule has 1 aromatic carbocycles. The molecule has 128 valence electrons. The largest absolute Gasteiger partial charge is 0.483 e. The Morgan fingerprint density at radius 2 is 2.08 bits per heavy atom. The molecular weight excluding hydrogens is 330 g/mol. The molecule has 0 unspecified atom stereocenters. The average Bonchev–Trinajstić information content (AvgIpc) is 2.53. The van der Waals surface area contributed by atoms with Gasteiger partial charge in [0.1, 0.15) is 11.7 Å². The summed E-state index contributed by atoms with van der Waals surface area (Å²) in [7, 11) is 0. The zero-order valence-corrected chi connectivity index (χ0v) is 14.3. The lowest BCUT2D eigenvalue weighted by atomic mass is 9.87. The number of fused-ring (bicyclic) bond motifs is 1. The summed E-state index contributed by atoms with van der Waals surface area (Å²) in [6, 6.07) is 7.07. The van der Waals surface area contributed by atoms with Gasteiger partial charge < -0.3 is 15.2 Å². The van der Waals surface area contributed by atoms with E-state index in [2.05, 4.69) is 15.5 Å². The Balaban J connectivity index is 1.78. The van der Waals surface area contributed by atoms with E-state index in [0.29, 0.717) is 22.9 Å². The first-order valence-corrected chi connectivity index (χ1v) is 8.19. The van der Waals surface area contributed by atoms with Crippen LogP contribution in [0.4, 0.5) is 0 Å². The van der Waals surface area contributed by atoms with Crippen molar-refractivity contribution in [1.82, 2.24) is 15.5 Å². The highest BCUT2D eigenvalue weighted by Crippen LogP contribution is 2.37. The van der Waals surface area contributed by atoms with E-state index in [9.17, 15) is 9.90 Å². The van der Waals surface area contributed by atoms with Crippen molar-refractivity contribution in [2.75, 3.05) is 6.54 Å². The number of halogens is 1. The Morgan fingerprint density at radius 3 is 2.79 bits per heavy atom. The van der Waals surface area contributed by atoms with E-state index in [1.807, 2.05) is 24.3 Å². The lowest BCUT2D eigenvalue weighted by Gasteiger charge is -2.41. The number of H-pyrrole nitrogens is 1. The van der Waals surface area contributed by atoms with Crippen LogP contribution in [0.5, 0.6) is 5.75 Å². The Labute approximate surface area is 144 Å². The number of benzene rings is 1. The maximum atomic E-state index is 12.1. The summed E-state index contributed by atoms with van der Waals surface area (Å²) < 4.78 is 5.73. The maximum Gasteiger partial charge on any atom is 0.272 e. The Kier molecular flexibility index (Phi) is 4.62. The molecular formula is C17H20ClN3O3. The summed E-state index contributed by atoms with van der Waals surface area (Å²) in [5.74, 6) is 0.401. The molecule has 0 spiro atoms. The van der Waals surface area contributed by atoms with Gasteiger partial charge in [0.2, 0.25) is 0 Å². The quantitative estimate of drug-likeness (QED) is 0.784. The average molecular weight is 350 g/mol. The molecule has 0 fully saturated rings. The lowest BCUT2D eigenvalue weighted by Crippen LogP contribution is -2.54. The summed E-state index contributed by atoms with van der Waals surface area (Å²) in [6.45, 7) is 4.17. The van der Waals surface area contributed by atoms with Crippen molar-refractivity contribution in [3.05, 3.63) is 57.0 Å². The number of aliphatic hydroxyl groups excluding tert-OH is 1. The van der Waals surface area contributed by atoms with Gasteiger partial charge in [-0.1, -0.05) is 23.7 Å². The summed E-state index contributed by atoms with van der Waals surface area (Å²) in [6.07, 6.45) is 1.36. The molecule has 24 heavy (non-hydrogen) atoms.